The van der Waals surface area contributed by atoms with E-state index in [9.17, 15) is 0 Å². The third kappa shape index (κ3) is 3.10. The molecule has 0 saturated heterocycles. The van der Waals surface area contributed by atoms with E-state index >= 15 is 0 Å². The second kappa shape index (κ2) is 5.56. The first kappa shape index (κ1) is 11.8. The number of aromatic nitrogens is 1. The summed E-state index contributed by atoms with van der Waals surface area (Å²) in [5, 5.41) is 0. The molecule has 1 atom stereocenters. The number of H-pyrrole nitrogens is 1. The van der Waals surface area contributed by atoms with Crippen LogP contribution < -0.4 is 5.73 Å². The largest absolute Gasteiger partial charge is 0.361 e. The Balaban J connectivity index is 2.87. The summed E-state index contributed by atoms with van der Waals surface area (Å²) < 4.78 is 0. The van der Waals surface area contributed by atoms with Crippen molar-refractivity contribution in [2.24, 2.45) is 5.73 Å². The predicted octanol–water partition coefficient (Wildman–Crippen LogP) is 2.97. The number of nitrogens with two attached hydrogens (primary N) is 1. The minimum absolute atomic E-state index is 0.255. The molecule has 1 unspecified atom stereocenters. The van der Waals surface area contributed by atoms with Crippen molar-refractivity contribution in [3.63, 3.8) is 0 Å². The van der Waals surface area contributed by atoms with E-state index in [1.165, 1.54) is 11.1 Å². The van der Waals surface area contributed by atoms with Gasteiger partial charge < -0.3 is 10.7 Å². The predicted molar refractivity (Wildman–Crippen MR) is 67.6 cm³/mol. The third-order valence-corrected chi connectivity index (χ3v) is 2.44. The van der Waals surface area contributed by atoms with Crippen LogP contribution in [0.1, 0.15) is 37.1 Å². The monoisotopic (exact) mass is 204 g/mol. The van der Waals surface area contributed by atoms with Gasteiger partial charge in [0.2, 0.25) is 0 Å². The highest BCUT2D eigenvalue weighted by molar-refractivity contribution is 5.65. The van der Waals surface area contributed by atoms with Crippen molar-refractivity contribution < 1.29 is 0 Å². The Kier molecular flexibility index (Phi) is 4.37. The Bertz CT molecular complexity index is 345. The summed E-state index contributed by atoms with van der Waals surface area (Å²) in [4.78, 5) is 3.22. The molecule has 82 valence electrons. The molecule has 1 heterocycles. The summed E-state index contributed by atoms with van der Waals surface area (Å²) in [7, 11) is 0. The van der Waals surface area contributed by atoms with Gasteiger partial charge in [-0.2, -0.15) is 0 Å². The second-order valence-corrected chi connectivity index (χ2v) is 3.86. The van der Waals surface area contributed by atoms with Gasteiger partial charge in [0.15, 0.2) is 0 Å². The SMILES string of the molecule is C=Cc1[nH]cc(CCC(C)N)c1/C=C\C. The minimum atomic E-state index is 0.255. The van der Waals surface area contributed by atoms with E-state index in [0.717, 1.165) is 18.5 Å². The molecule has 2 nitrogen and oxygen atoms in total. The lowest BCUT2D eigenvalue weighted by molar-refractivity contribution is 0.666. The first-order valence-corrected chi connectivity index (χ1v) is 5.40. The van der Waals surface area contributed by atoms with Crippen molar-refractivity contribution in [2.75, 3.05) is 0 Å². The van der Waals surface area contributed by atoms with Gasteiger partial charge in [0, 0.05) is 23.5 Å². The summed E-state index contributed by atoms with van der Waals surface area (Å²) in [6, 6.07) is 0.255. The van der Waals surface area contributed by atoms with Crippen LogP contribution in [0.3, 0.4) is 0 Å². The molecule has 0 bridgehead atoms. The highest BCUT2D eigenvalue weighted by Gasteiger charge is 2.06. The van der Waals surface area contributed by atoms with Crippen molar-refractivity contribution in [1.82, 2.24) is 4.98 Å². The lowest BCUT2D eigenvalue weighted by Gasteiger charge is -2.04. The molecule has 1 aromatic rings. The first-order chi connectivity index (χ1) is 7.19. The van der Waals surface area contributed by atoms with Crippen LogP contribution in [0, 0.1) is 0 Å². The van der Waals surface area contributed by atoms with Crippen molar-refractivity contribution >= 4 is 12.2 Å². The second-order valence-electron chi connectivity index (χ2n) is 3.86. The minimum Gasteiger partial charge on any atom is -0.361 e. The molecule has 1 aromatic heterocycles. The summed E-state index contributed by atoms with van der Waals surface area (Å²) >= 11 is 0. The maximum atomic E-state index is 5.76. The van der Waals surface area contributed by atoms with E-state index < -0.39 is 0 Å². The average molecular weight is 204 g/mol. The van der Waals surface area contributed by atoms with E-state index in [0.29, 0.717) is 0 Å². The molecule has 0 saturated carbocycles. The van der Waals surface area contributed by atoms with Gasteiger partial charge in [0.1, 0.15) is 0 Å². The van der Waals surface area contributed by atoms with Gasteiger partial charge in [-0.15, -0.1) is 0 Å². The quantitative estimate of drug-likeness (QED) is 0.760. The first-order valence-electron chi connectivity index (χ1n) is 5.40. The van der Waals surface area contributed by atoms with Crippen LogP contribution in [0.5, 0.6) is 0 Å². The fourth-order valence-electron chi connectivity index (χ4n) is 1.62. The van der Waals surface area contributed by atoms with Crippen LogP contribution in [0.25, 0.3) is 12.2 Å². The highest BCUT2D eigenvalue weighted by Crippen LogP contribution is 2.19. The number of allylic oxidation sites excluding steroid dienone is 1. The summed E-state index contributed by atoms with van der Waals surface area (Å²) in [6.45, 7) is 7.85. The number of hydrogen-bond acceptors (Lipinski definition) is 1. The van der Waals surface area contributed by atoms with Crippen molar-refractivity contribution in [1.29, 1.82) is 0 Å². The Labute approximate surface area is 91.9 Å². The van der Waals surface area contributed by atoms with Gasteiger partial charge in [-0.25, -0.2) is 0 Å². The number of aromatic amines is 1. The standard InChI is InChI=1S/C13H20N2/c1-4-6-12-11(8-7-10(3)14)9-15-13(12)5-2/h4-6,9-10,15H,2,7-8,14H2,1,3H3/b6-4-. The summed E-state index contributed by atoms with van der Waals surface area (Å²) in [6.07, 6.45) is 10.1. The van der Waals surface area contributed by atoms with Crippen LogP contribution >= 0.6 is 0 Å². The Hall–Kier alpha value is -1.28. The molecule has 3 N–H and O–H groups in total. The van der Waals surface area contributed by atoms with Crippen LogP contribution in [-0.2, 0) is 6.42 Å². The number of rotatable bonds is 5. The van der Waals surface area contributed by atoms with E-state index in [1.807, 2.05) is 26.0 Å². The Morgan fingerprint density at radius 1 is 1.60 bits per heavy atom. The van der Waals surface area contributed by atoms with Crippen molar-refractivity contribution in [3.05, 3.63) is 35.7 Å². The molecule has 0 fully saturated rings. The van der Waals surface area contributed by atoms with E-state index in [2.05, 4.69) is 23.8 Å². The van der Waals surface area contributed by atoms with Crippen molar-refractivity contribution in [2.45, 2.75) is 32.7 Å². The van der Waals surface area contributed by atoms with Gasteiger partial charge in [0.25, 0.3) is 0 Å². The van der Waals surface area contributed by atoms with Gasteiger partial charge >= 0.3 is 0 Å². The van der Waals surface area contributed by atoms with Gasteiger partial charge in [-0.3, -0.25) is 0 Å². The maximum Gasteiger partial charge on any atom is 0.0450 e. The molecular weight excluding hydrogens is 184 g/mol. The van der Waals surface area contributed by atoms with E-state index in [1.54, 1.807) is 0 Å². The van der Waals surface area contributed by atoms with Gasteiger partial charge in [-0.05, 0) is 38.3 Å². The summed E-state index contributed by atoms with van der Waals surface area (Å²) in [5.74, 6) is 0. The van der Waals surface area contributed by atoms with Crippen LogP contribution in [0.2, 0.25) is 0 Å². The lowest BCUT2D eigenvalue weighted by atomic mass is 10.0. The van der Waals surface area contributed by atoms with Crippen LogP contribution in [0.4, 0.5) is 0 Å². The molecule has 0 radical (unpaired) electrons. The molecule has 2 heteroatoms. The zero-order chi connectivity index (χ0) is 11.3. The average Bonchev–Trinajstić information content (AvgIpc) is 2.58. The highest BCUT2D eigenvalue weighted by atomic mass is 14.7. The topological polar surface area (TPSA) is 41.8 Å². The van der Waals surface area contributed by atoms with Gasteiger partial charge in [0.05, 0.1) is 0 Å². The molecule has 0 aromatic carbocycles. The Morgan fingerprint density at radius 3 is 2.87 bits per heavy atom. The molecule has 1 rings (SSSR count). The fraction of sp³-hybridized carbons (Fsp3) is 0.385. The Morgan fingerprint density at radius 2 is 2.33 bits per heavy atom. The lowest BCUT2D eigenvalue weighted by Crippen LogP contribution is -2.15. The van der Waals surface area contributed by atoms with E-state index in [-0.39, 0.29) is 6.04 Å². The molecule has 0 aliphatic heterocycles. The van der Waals surface area contributed by atoms with Crippen LogP contribution in [-0.4, -0.2) is 11.0 Å². The smallest absolute Gasteiger partial charge is 0.0450 e. The van der Waals surface area contributed by atoms with Gasteiger partial charge in [-0.1, -0.05) is 18.7 Å². The normalized spacial score (nSPS) is 13.3. The molecule has 0 amide bonds. The maximum absolute atomic E-state index is 5.76. The molecular formula is C13H20N2. The molecule has 0 aliphatic rings. The third-order valence-electron chi connectivity index (χ3n) is 2.44. The van der Waals surface area contributed by atoms with Crippen LogP contribution in [0.15, 0.2) is 18.9 Å². The molecule has 15 heavy (non-hydrogen) atoms. The zero-order valence-corrected chi connectivity index (χ0v) is 9.59. The fourth-order valence-corrected chi connectivity index (χ4v) is 1.62. The number of hydrogen-bond donors (Lipinski definition) is 2. The molecule has 0 aliphatic carbocycles. The van der Waals surface area contributed by atoms with E-state index in [4.69, 9.17) is 5.73 Å². The summed E-state index contributed by atoms with van der Waals surface area (Å²) in [5.41, 5.74) is 9.41. The number of aryl methyl sites for hydroxylation is 1. The number of nitrogens with one attached hydrogen (secondary N) is 1. The zero-order valence-electron chi connectivity index (χ0n) is 9.59. The molecule has 0 spiro atoms. The van der Waals surface area contributed by atoms with Crippen molar-refractivity contribution in [3.8, 4) is 0 Å².